The minimum Gasteiger partial charge on any atom is -0.386 e. The first-order valence-corrected chi connectivity index (χ1v) is 13.0. The third kappa shape index (κ3) is 6.11. The number of hydrogen-bond acceptors (Lipinski definition) is 6. The van der Waals surface area contributed by atoms with Crippen LogP contribution < -0.4 is 5.32 Å². The van der Waals surface area contributed by atoms with Gasteiger partial charge in [-0.15, -0.1) is 0 Å². The first-order valence-electron chi connectivity index (χ1n) is 13.0. The largest absolute Gasteiger partial charge is 0.386 e. The SMILES string of the molecule is COCCCCn1c(C(=O)N(CC(C)C)[C@@H]2CNC[C@H](C(O)c3ccccn3)C2)nc2ccccc21. The van der Waals surface area contributed by atoms with Crippen LogP contribution in [-0.2, 0) is 11.3 Å². The number of ether oxygens (including phenoxy) is 1. The Morgan fingerprint density at radius 2 is 2.00 bits per heavy atom. The number of para-hydroxylation sites is 2. The first kappa shape index (κ1) is 26.3. The fourth-order valence-electron chi connectivity index (χ4n) is 5.12. The summed E-state index contributed by atoms with van der Waals surface area (Å²) >= 11 is 0. The molecule has 3 aromatic rings. The number of pyridine rings is 1. The Hall–Kier alpha value is -2.81. The zero-order valence-corrected chi connectivity index (χ0v) is 21.6. The number of aliphatic hydroxyl groups excluding tert-OH is 1. The van der Waals surface area contributed by atoms with Crippen molar-refractivity contribution in [2.24, 2.45) is 11.8 Å². The van der Waals surface area contributed by atoms with Gasteiger partial charge in [0.2, 0.25) is 0 Å². The molecular formula is C28H39N5O3. The minimum absolute atomic E-state index is 0.0334. The molecule has 2 N–H and O–H groups in total. The lowest BCUT2D eigenvalue weighted by molar-refractivity contribution is 0.0378. The molecule has 3 atom stereocenters. The van der Waals surface area contributed by atoms with Gasteiger partial charge < -0.3 is 24.6 Å². The van der Waals surface area contributed by atoms with Crippen molar-refractivity contribution in [2.75, 3.05) is 33.4 Å². The quantitative estimate of drug-likeness (QED) is 0.396. The molecule has 1 unspecified atom stereocenters. The number of nitrogens with zero attached hydrogens (tertiary/aromatic N) is 4. The van der Waals surface area contributed by atoms with Crippen LogP contribution in [0.3, 0.4) is 0 Å². The number of imidazole rings is 1. The minimum atomic E-state index is -0.678. The smallest absolute Gasteiger partial charge is 0.290 e. The fraction of sp³-hybridized carbons (Fsp3) is 0.536. The maximum Gasteiger partial charge on any atom is 0.290 e. The van der Waals surface area contributed by atoms with Gasteiger partial charge in [-0.3, -0.25) is 9.78 Å². The molecule has 1 aliphatic rings. The van der Waals surface area contributed by atoms with E-state index < -0.39 is 6.10 Å². The zero-order valence-electron chi connectivity index (χ0n) is 21.6. The Kier molecular flexibility index (Phi) is 9.07. The fourth-order valence-corrected chi connectivity index (χ4v) is 5.12. The highest BCUT2D eigenvalue weighted by Gasteiger charge is 2.35. The molecule has 0 saturated carbocycles. The van der Waals surface area contributed by atoms with Gasteiger partial charge in [0.15, 0.2) is 5.82 Å². The number of piperidine rings is 1. The van der Waals surface area contributed by atoms with Crippen LogP contribution in [0.15, 0.2) is 48.7 Å². The molecule has 0 aliphatic carbocycles. The maximum absolute atomic E-state index is 14.1. The summed E-state index contributed by atoms with van der Waals surface area (Å²) < 4.78 is 7.28. The van der Waals surface area contributed by atoms with E-state index in [9.17, 15) is 9.90 Å². The van der Waals surface area contributed by atoms with E-state index in [-0.39, 0.29) is 17.9 Å². The normalized spacial score (nSPS) is 19.0. The molecule has 194 valence electrons. The van der Waals surface area contributed by atoms with Crippen LogP contribution in [0.4, 0.5) is 0 Å². The number of amides is 1. The first-order chi connectivity index (χ1) is 17.5. The lowest BCUT2D eigenvalue weighted by Gasteiger charge is -2.40. The average Bonchev–Trinajstić information content (AvgIpc) is 3.28. The number of aryl methyl sites for hydroxylation is 1. The number of aromatic nitrogens is 3. The van der Waals surface area contributed by atoms with Gasteiger partial charge in [-0.05, 0) is 49.4 Å². The van der Waals surface area contributed by atoms with Gasteiger partial charge in [0, 0.05) is 58.1 Å². The number of aliphatic hydroxyl groups is 1. The van der Waals surface area contributed by atoms with E-state index >= 15 is 0 Å². The average molecular weight is 494 g/mol. The van der Waals surface area contributed by atoms with E-state index in [0.29, 0.717) is 56.6 Å². The standard InChI is InChI=1S/C28H39N5O3/c1-20(2)19-33(22-16-21(17-29-18-22)26(34)24-11-6-7-13-30-24)28(35)27-31-23-10-4-5-12-25(23)32(27)14-8-9-15-36-3/h4-7,10-13,20-22,26,29,34H,8-9,14-19H2,1-3H3/t21-,22+,26?/m1/s1. The molecule has 4 rings (SSSR count). The number of fused-ring (bicyclic) bond motifs is 1. The van der Waals surface area contributed by atoms with E-state index in [1.807, 2.05) is 47.4 Å². The highest BCUT2D eigenvalue weighted by molar-refractivity contribution is 5.95. The van der Waals surface area contributed by atoms with E-state index in [1.54, 1.807) is 13.3 Å². The molecule has 1 amide bonds. The van der Waals surface area contributed by atoms with Crippen molar-refractivity contribution < 1.29 is 14.6 Å². The third-order valence-corrected chi connectivity index (χ3v) is 6.89. The summed E-state index contributed by atoms with van der Waals surface area (Å²) in [4.78, 5) is 25.2. The molecule has 0 bridgehead atoms. The summed E-state index contributed by atoms with van der Waals surface area (Å²) in [5.74, 6) is 0.705. The van der Waals surface area contributed by atoms with Gasteiger partial charge in [-0.1, -0.05) is 32.0 Å². The highest BCUT2D eigenvalue weighted by atomic mass is 16.5. The number of nitrogens with one attached hydrogen (secondary N) is 1. The molecule has 1 aliphatic heterocycles. The van der Waals surface area contributed by atoms with E-state index in [0.717, 1.165) is 23.9 Å². The molecule has 8 nitrogen and oxygen atoms in total. The van der Waals surface area contributed by atoms with Crippen molar-refractivity contribution >= 4 is 16.9 Å². The zero-order chi connectivity index (χ0) is 25.5. The molecule has 36 heavy (non-hydrogen) atoms. The summed E-state index contributed by atoms with van der Waals surface area (Å²) in [6.07, 6.45) is 3.56. The van der Waals surface area contributed by atoms with Crippen molar-refractivity contribution in [3.63, 3.8) is 0 Å². The van der Waals surface area contributed by atoms with Crippen LogP contribution in [0.1, 0.15) is 55.5 Å². The lowest BCUT2D eigenvalue weighted by Crippen LogP contribution is -2.53. The number of benzene rings is 1. The van der Waals surface area contributed by atoms with Gasteiger partial charge >= 0.3 is 0 Å². The van der Waals surface area contributed by atoms with E-state index in [2.05, 4.69) is 28.7 Å². The summed E-state index contributed by atoms with van der Waals surface area (Å²) in [6.45, 7) is 7.68. The molecule has 0 radical (unpaired) electrons. The van der Waals surface area contributed by atoms with Crippen LogP contribution in [0.25, 0.3) is 11.0 Å². The maximum atomic E-state index is 14.1. The van der Waals surface area contributed by atoms with Crippen molar-refractivity contribution in [1.29, 1.82) is 0 Å². The van der Waals surface area contributed by atoms with Crippen molar-refractivity contribution in [1.82, 2.24) is 24.8 Å². The van der Waals surface area contributed by atoms with Gasteiger partial charge in [0.1, 0.15) is 6.10 Å². The van der Waals surface area contributed by atoms with Gasteiger partial charge in [-0.25, -0.2) is 4.98 Å². The molecule has 2 aromatic heterocycles. The molecule has 1 aromatic carbocycles. The van der Waals surface area contributed by atoms with Crippen molar-refractivity contribution in [3.8, 4) is 0 Å². The predicted molar refractivity (Wildman–Crippen MR) is 141 cm³/mol. The Labute approximate surface area is 213 Å². The number of carbonyl (C=O) groups excluding carboxylic acids is 1. The lowest BCUT2D eigenvalue weighted by atomic mass is 9.88. The van der Waals surface area contributed by atoms with Crippen LogP contribution in [0.5, 0.6) is 0 Å². The third-order valence-electron chi connectivity index (χ3n) is 6.89. The number of methoxy groups -OCH3 is 1. The number of unbranched alkanes of at least 4 members (excludes halogenated alkanes) is 1. The van der Waals surface area contributed by atoms with E-state index in [1.165, 1.54) is 0 Å². The second kappa shape index (κ2) is 12.4. The van der Waals surface area contributed by atoms with Gasteiger partial charge in [-0.2, -0.15) is 0 Å². The summed E-state index contributed by atoms with van der Waals surface area (Å²) in [7, 11) is 1.71. The van der Waals surface area contributed by atoms with Crippen LogP contribution in [0.2, 0.25) is 0 Å². The van der Waals surface area contributed by atoms with E-state index in [4.69, 9.17) is 9.72 Å². The Balaban J connectivity index is 1.60. The molecule has 0 spiro atoms. The molecular weight excluding hydrogens is 454 g/mol. The topological polar surface area (TPSA) is 92.5 Å². The second-order valence-corrected chi connectivity index (χ2v) is 10.1. The van der Waals surface area contributed by atoms with Crippen LogP contribution >= 0.6 is 0 Å². The molecule has 8 heteroatoms. The Morgan fingerprint density at radius 3 is 2.75 bits per heavy atom. The van der Waals surface area contributed by atoms with Crippen molar-refractivity contribution in [3.05, 3.63) is 60.2 Å². The summed E-state index contributed by atoms with van der Waals surface area (Å²) in [5.41, 5.74) is 2.49. The molecule has 1 saturated heterocycles. The highest BCUT2D eigenvalue weighted by Crippen LogP contribution is 2.29. The predicted octanol–water partition coefficient (Wildman–Crippen LogP) is 3.67. The second-order valence-electron chi connectivity index (χ2n) is 10.1. The van der Waals surface area contributed by atoms with Gasteiger partial charge in [0.05, 0.1) is 16.7 Å². The van der Waals surface area contributed by atoms with Crippen molar-refractivity contribution in [2.45, 2.75) is 51.8 Å². The van der Waals surface area contributed by atoms with Crippen LogP contribution in [0, 0.1) is 11.8 Å². The number of carbonyl (C=O) groups is 1. The Bertz CT molecular complexity index is 1120. The summed E-state index contributed by atoms with van der Waals surface area (Å²) in [5, 5.41) is 14.5. The molecule has 3 heterocycles. The van der Waals surface area contributed by atoms with Crippen LogP contribution in [-0.4, -0.2) is 69.8 Å². The molecule has 1 fully saturated rings. The number of rotatable bonds is 11. The number of hydrogen-bond donors (Lipinski definition) is 2. The Morgan fingerprint density at radius 1 is 1.19 bits per heavy atom. The summed E-state index contributed by atoms with van der Waals surface area (Å²) in [6, 6.07) is 13.5. The van der Waals surface area contributed by atoms with Gasteiger partial charge in [0.25, 0.3) is 5.91 Å². The monoisotopic (exact) mass is 493 g/mol.